The number of carbonyl (C=O) groups is 3. The number of thiazole rings is 1. The summed E-state index contributed by atoms with van der Waals surface area (Å²) in [7, 11) is 0. The molecule has 0 spiro atoms. The van der Waals surface area contributed by atoms with Gasteiger partial charge in [-0.1, -0.05) is 71.5 Å². The molecule has 1 atom stereocenters. The van der Waals surface area contributed by atoms with Gasteiger partial charge in [-0.05, 0) is 36.8 Å². The number of aliphatic hydroxyl groups excluding tert-OH is 1. The van der Waals surface area contributed by atoms with Crippen molar-refractivity contribution in [1.29, 1.82) is 0 Å². The maximum Gasteiger partial charge on any atom is 0.350 e. The fourth-order valence-electron chi connectivity index (χ4n) is 4.13. The molecule has 2 aromatic carbocycles. The Hall–Kier alpha value is -3.92. The molecule has 0 radical (unpaired) electrons. The Bertz CT molecular complexity index is 1640. The molecule has 38 heavy (non-hydrogen) atoms. The fraction of sp³-hybridized carbons (Fsp3) is 0.111. The third-order valence-electron chi connectivity index (χ3n) is 5.87. The maximum absolute atomic E-state index is 13.7. The second kappa shape index (κ2) is 10.1. The Labute approximate surface area is 230 Å². The van der Waals surface area contributed by atoms with Crippen molar-refractivity contribution in [2.24, 2.45) is 0 Å². The second-order valence-corrected chi connectivity index (χ2v) is 10.1. The number of esters is 1. The van der Waals surface area contributed by atoms with E-state index in [1.54, 1.807) is 37.3 Å². The first-order valence-electron chi connectivity index (χ1n) is 11.2. The Balaban J connectivity index is 1.63. The van der Waals surface area contributed by atoms with E-state index in [1.165, 1.54) is 24.3 Å². The van der Waals surface area contributed by atoms with E-state index in [0.29, 0.717) is 22.2 Å². The average Bonchev–Trinajstić information content (AvgIpc) is 3.58. The summed E-state index contributed by atoms with van der Waals surface area (Å²) in [5.74, 6) is -3.03. The smallest absolute Gasteiger partial charge is 0.350 e. The molecule has 0 saturated carbocycles. The first kappa shape index (κ1) is 25.7. The van der Waals surface area contributed by atoms with Crippen LogP contribution in [0.5, 0.6) is 0 Å². The van der Waals surface area contributed by atoms with Gasteiger partial charge in [0.05, 0.1) is 27.4 Å². The molecule has 0 saturated heterocycles. The maximum atomic E-state index is 13.7. The minimum absolute atomic E-state index is 0.00144. The Morgan fingerprint density at radius 3 is 2.68 bits per heavy atom. The Kier molecular flexibility index (Phi) is 6.83. The zero-order chi connectivity index (χ0) is 27.1. The molecule has 1 aliphatic rings. The SMILES string of the molecule is C=CCOC(=O)c1sc(N2C(=O)C(O)=C(C(=O)c3cc4ccccc4o3)C2c2ccc(Cl)c(Cl)c2)nc1C. The van der Waals surface area contributed by atoms with Crippen LogP contribution in [0.4, 0.5) is 5.13 Å². The highest BCUT2D eigenvalue weighted by Crippen LogP contribution is 2.45. The van der Waals surface area contributed by atoms with Crippen molar-refractivity contribution < 1.29 is 28.6 Å². The third-order valence-corrected chi connectivity index (χ3v) is 7.75. The number of carbonyl (C=O) groups excluding carboxylic acids is 3. The van der Waals surface area contributed by atoms with E-state index in [4.69, 9.17) is 32.4 Å². The highest BCUT2D eigenvalue weighted by atomic mass is 35.5. The lowest BCUT2D eigenvalue weighted by atomic mass is 9.95. The number of furan rings is 1. The van der Waals surface area contributed by atoms with Crippen LogP contribution in [-0.2, 0) is 9.53 Å². The number of para-hydroxylation sites is 1. The zero-order valence-electron chi connectivity index (χ0n) is 19.7. The molecule has 5 rings (SSSR count). The lowest BCUT2D eigenvalue weighted by Crippen LogP contribution is -2.31. The van der Waals surface area contributed by atoms with Crippen LogP contribution in [-0.4, -0.2) is 34.4 Å². The van der Waals surface area contributed by atoms with Crippen molar-refractivity contribution in [2.45, 2.75) is 13.0 Å². The normalized spacial score (nSPS) is 15.4. The number of ether oxygens (including phenoxy) is 1. The molecule has 8 nitrogen and oxygen atoms in total. The van der Waals surface area contributed by atoms with Crippen molar-refractivity contribution in [1.82, 2.24) is 4.98 Å². The molecule has 192 valence electrons. The van der Waals surface area contributed by atoms with Gasteiger partial charge in [-0.2, -0.15) is 0 Å². The highest BCUT2D eigenvalue weighted by molar-refractivity contribution is 7.17. The molecule has 4 aromatic rings. The van der Waals surface area contributed by atoms with Crippen molar-refractivity contribution in [2.75, 3.05) is 11.5 Å². The number of amides is 1. The number of Topliss-reactive ketones (excluding diaryl/α,β-unsaturated/α-hetero) is 1. The summed E-state index contributed by atoms with van der Waals surface area (Å²) in [4.78, 5) is 45.4. The van der Waals surface area contributed by atoms with Gasteiger partial charge >= 0.3 is 5.97 Å². The molecule has 1 N–H and O–H groups in total. The summed E-state index contributed by atoms with van der Waals surface area (Å²) >= 11 is 13.3. The predicted octanol–water partition coefficient (Wildman–Crippen LogP) is 6.63. The van der Waals surface area contributed by atoms with Gasteiger partial charge in [0.15, 0.2) is 16.7 Å². The van der Waals surface area contributed by atoms with Gasteiger partial charge < -0.3 is 14.3 Å². The van der Waals surface area contributed by atoms with Crippen LogP contribution >= 0.6 is 34.5 Å². The summed E-state index contributed by atoms with van der Waals surface area (Å²) in [6.07, 6.45) is 1.43. The molecule has 0 fully saturated rings. The quantitative estimate of drug-likeness (QED) is 0.151. The van der Waals surface area contributed by atoms with Crippen LogP contribution in [0, 0.1) is 6.92 Å². The number of benzene rings is 2. The molecular weight excluding hydrogens is 551 g/mol. The number of aromatic nitrogens is 1. The molecule has 2 aromatic heterocycles. The van der Waals surface area contributed by atoms with Gasteiger partial charge in [0.2, 0.25) is 5.78 Å². The monoisotopic (exact) mass is 568 g/mol. The Morgan fingerprint density at radius 1 is 1.21 bits per heavy atom. The van der Waals surface area contributed by atoms with E-state index in [9.17, 15) is 19.5 Å². The molecule has 11 heteroatoms. The number of ketones is 1. The lowest BCUT2D eigenvalue weighted by molar-refractivity contribution is -0.117. The molecular formula is C27H18Cl2N2O6S. The van der Waals surface area contributed by atoms with Crippen molar-refractivity contribution in [3.8, 4) is 0 Å². The second-order valence-electron chi connectivity index (χ2n) is 8.29. The van der Waals surface area contributed by atoms with Crippen molar-refractivity contribution >= 4 is 68.3 Å². The number of hydrogen-bond acceptors (Lipinski definition) is 8. The number of aryl methyl sites for hydroxylation is 1. The van der Waals surface area contributed by atoms with Crippen LogP contribution < -0.4 is 4.90 Å². The number of fused-ring (bicyclic) bond motifs is 1. The van der Waals surface area contributed by atoms with E-state index in [2.05, 4.69) is 11.6 Å². The van der Waals surface area contributed by atoms with E-state index >= 15 is 0 Å². The van der Waals surface area contributed by atoms with Gasteiger partial charge in [-0.25, -0.2) is 9.78 Å². The average molecular weight is 569 g/mol. The molecule has 1 amide bonds. The summed E-state index contributed by atoms with van der Waals surface area (Å²) < 4.78 is 10.9. The van der Waals surface area contributed by atoms with Crippen molar-refractivity contribution in [3.63, 3.8) is 0 Å². The predicted molar refractivity (Wildman–Crippen MR) is 144 cm³/mol. The summed E-state index contributed by atoms with van der Waals surface area (Å²) in [6.45, 7) is 5.11. The highest BCUT2D eigenvalue weighted by Gasteiger charge is 2.47. The summed E-state index contributed by atoms with van der Waals surface area (Å²) in [5.41, 5.74) is 0.953. The van der Waals surface area contributed by atoms with Gasteiger partial charge in [-0.15, -0.1) is 0 Å². The molecule has 1 aliphatic heterocycles. The van der Waals surface area contributed by atoms with Crippen LogP contribution in [0.15, 0.2) is 76.9 Å². The summed E-state index contributed by atoms with van der Waals surface area (Å²) in [5, 5.41) is 12.2. The van der Waals surface area contributed by atoms with Gasteiger partial charge in [0.1, 0.15) is 17.1 Å². The third kappa shape index (κ3) is 4.38. The first-order valence-corrected chi connectivity index (χ1v) is 12.8. The van der Waals surface area contributed by atoms with Crippen LogP contribution in [0.3, 0.4) is 0 Å². The van der Waals surface area contributed by atoms with E-state index < -0.39 is 29.5 Å². The van der Waals surface area contributed by atoms with E-state index in [-0.39, 0.29) is 38.0 Å². The largest absolute Gasteiger partial charge is 0.503 e. The van der Waals surface area contributed by atoms with Crippen LogP contribution in [0.2, 0.25) is 10.0 Å². The lowest BCUT2D eigenvalue weighted by Gasteiger charge is -2.24. The first-order chi connectivity index (χ1) is 18.2. The minimum atomic E-state index is -1.14. The number of hydrogen-bond donors (Lipinski definition) is 1. The Morgan fingerprint density at radius 2 is 1.97 bits per heavy atom. The summed E-state index contributed by atoms with van der Waals surface area (Å²) in [6, 6.07) is 12.0. The van der Waals surface area contributed by atoms with Gasteiger partial charge in [0.25, 0.3) is 5.91 Å². The number of rotatable bonds is 7. The molecule has 1 unspecified atom stereocenters. The standard InChI is InChI=1S/C27H18Cl2N2O6S/c1-3-10-36-26(35)24-13(2)30-27(38-24)31-21(15-8-9-16(28)17(29)11-15)20(23(33)25(31)34)22(32)19-12-14-6-4-5-7-18(14)37-19/h3-9,11-12,21,33H,1,10H2,2H3. The fourth-order valence-corrected chi connectivity index (χ4v) is 5.43. The number of aliphatic hydroxyl groups is 1. The zero-order valence-corrected chi connectivity index (χ0v) is 22.1. The topological polar surface area (TPSA) is 110 Å². The van der Waals surface area contributed by atoms with Gasteiger partial charge in [-0.3, -0.25) is 14.5 Å². The minimum Gasteiger partial charge on any atom is -0.503 e. The number of nitrogens with zero attached hydrogens (tertiary/aromatic N) is 2. The van der Waals surface area contributed by atoms with Crippen LogP contribution in [0.25, 0.3) is 11.0 Å². The van der Waals surface area contributed by atoms with E-state index in [0.717, 1.165) is 16.2 Å². The van der Waals surface area contributed by atoms with Gasteiger partial charge in [0, 0.05) is 5.39 Å². The van der Waals surface area contributed by atoms with E-state index in [1.807, 2.05) is 0 Å². The molecule has 0 bridgehead atoms. The number of anilines is 1. The number of halogens is 2. The van der Waals surface area contributed by atoms with Crippen molar-refractivity contribution in [3.05, 3.63) is 104 Å². The van der Waals surface area contributed by atoms with Crippen LogP contribution in [0.1, 0.15) is 37.5 Å². The molecule has 0 aliphatic carbocycles. The molecule has 3 heterocycles.